The summed E-state index contributed by atoms with van der Waals surface area (Å²) in [5, 5.41) is 2.50. The second-order valence-corrected chi connectivity index (χ2v) is 6.11. The predicted octanol–water partition coefficient (Wildman–Crippen LogP) is 4.51. The number of thiazole rings is 1. The molecule has 94 valence electrons. The lowest BCUT2D eigenvalue weighted by Crippen LogP contribution is -2.04. The second kappa shape index (κ2) is 5.95. The number of hydrogen-bond acceptors (Lipinski definition) is 4. The third-order valence-electron chi connectivity index (χ3n) is 2.10. The Bertz CT molecular complexity index is 563. The zero-order valence-corrected chi connectivity index (χ0v) is 13.4. The van der Waals surface area contributed by atoms with Crippen LogP contribution in [-0.4, -0.2) is 17.6 Å². The minimum absolute atomic E-state index is 0.355. The summed E-state index contributed by atoms with van der Waals surface area (Å²) in [6, 6.07) is 5.86. The van der Waals surface area contributed by atoms with Gasteiger partial charge in [-0.05, 0) is 25.1 Å². The van der Waals surface area contributed by atoms with Crippen molar-refractivity contribution < 1.29 is 9.53 Å². The van der Waals surface area contributed by atoms with E-state index >= 15 is 0 Å². The summed E-state index contributed by atoms with van der Waals surface area (Å²) >= 11 is 8.27. The maximum atomic E-state index is 11.5. The van der Waals surface area contributed by atoms with Gasteiger partial charge in [0.1, 0.15) is 5.01 Å². The Balaban J connectivity index is 2.32. The van der Waals surface area contributed by atoms with Crippen LogP contribution in [0.15, 0.2) is 32.5 Å². The van der Waals surface area contributed by atoms with Gasteiger partial charge in [0, 0.05) is 19.9 Å². The molecule has 6 heteroatoms. The number of carbonyl (C=O) groups excluding carboxylic acids is 1. The molecule has 0 spiro atoms. The van der Waals surface area contributed by atoms with Gasteiger partial charge in [0.25, 0.3) is 0 Å². The molecule has 0 saturated heterocycles. The fraction of sp³-hybridized carbons (Fsp3) is 0.167. The molecule has 0 atom stereocenters. The van der Waals surface area contributed by atoms with Gasteiger partial charge in [-0.2, -0.15) is 0 Å². The lowest BCUT2D eigenvalue weighted by Gasteiger charge is -1.99. The first-order valence-electron chi connectivity index (χ1n) is 5.19. The third-order valence-corrected chi connectivity index (χ3v) is 3.91. The van der Waals surface area contributed by atoms with Crippen molar-refractivity contribution in [3.05, 3.63) is 38.2 Å². The average molecular weight is 391 g/mol. The van der Waals surface area contributed by atoms with Crippen LogP contribution >= 0.6 is 43.2 Å². The molecule has 3 nitrogen and oxygen atoms in total. The maximum Gasteiger partial charge on any atom is 0.357 e. The van der Waals surface area contributed by atoms with Gasteiger partial charge in [-0.25, -0.2) is 9.78 Å². The molecule has 0 aliphatic rings. The Labute approximate surface area is 125 Å². The summed E-state index contributed by atoms with van der Waals surface area (Å²) in [6.45, 7) is 2.13. The minimum atomic E-state index is -0.380. The number of esters is 1. The van der Waals surface area contributed by atoms with E-state index in [4.69, 9.17) is 4.74 Å². The highest BCUT2D eigenvalue weighted by molar-refractivity contribution is 9.11. The Kier molecular flexibility index (Phi) is 4.53. The highest BCUT2D eigenvalue weighted by Gasteiger charge is 2.13. The molecule has 0 unspecified atom stereocenters. The molecule has 0 aliphatic carbocycles. The second-order valence-electron chi connectivity index (χ2n) is 3.42. The van der Waals surface area contributed by atoms with E-state index in [2.05, 4.69) is 36.8 Å². The van der Waals surface area contributed by atoms with Crippen LogP contribution in [0.4, 0.5) is 0 Å². The topological polar surface area (TPSA) is 39.2 Å². The fourth-order valence-corrected chi connectivity index (χ4v) is 3.45. The Morgan fingerprint density at radius 2 is 2.00 bits per heavy atom. The molecule has 2 aromatic rings. The molecule has 1 heterocycles. The van der Waals surface area contributed by atoms with Gasteiger partial charge in [-0.15, -0.1) is 11.3 Å². The zero-order chi connectivity index (χ0) is 13.1. The lowest BCUT2D eigenvalue weighted by atomic mass is 10.2. The predicted molar refractivity (Wildman–Crippen MR) is 78.9 cm³/mol. The van der Waals surface area contributed by atoms with Crippen molar-refractivity contribution in [1.82, 2.24) is 4.98 Å². The van der Waals surface area contributed by atoms with E-state index < -0.39 is 0 Å². The molecule has 0 fully saturated rings. The van der Waals surface area contributed by atoms with Crippen LogP contribution in [0, 0.1) is 0 Å². The molecule has 0 radical (unpaired) electrons. The molecule has 2 rings (SSSR count). The first-order chi connectivity index (χ1) is 8.60. The lowest BCUT2D eigenvalue weighted by molar-refractivity contribution is 0.0520. The molecule has 1 aromatic carbocycles. The average Bonchev–Trinajstić information content (AvgIpc) is 2.77. The first-order valence-corrected chi connectivity index (χ1v) is 7.66. The zero-order valence-electron chi connectivity index (χ0n) is 9.44. The van der Waals surface area contributed by atoms with E-state index in [1.807, 2.05) is 18.2 Å². The first kappa shape index (κ1) is 13.7. The van der Waals surface area contributed by atoms with Crippen molar-refractivity contribution in [2.45, 2.75) is 6.92 Å². The van der Waals surface area contributed by atoms with Crippen molar-refractivity contribution >= 4 is 49.2 Å². The highest BCUT2D eigenvalue weighted by atomic mass is 79.9. The number of benzene rings is 1. The van der Waals surface area contributed by atoms with E-state index in [1.165, 1.54) is 11.3 Å². The van der Waals surface area contributed by atoms with Crippen LogP contribution in [0.3, 0.4) is 0 Å². The molecule has 0 bridgehead atoms. The van der Waals surface area contributed by atoms with Gasteiger partial charge >= 0.3 is 5.97 Å². The van der Waals surface area contributed by atoms with E-state index in [0.29, 0.717) is 12.3 Å². The van der Waals surface area contributed by atoms with Crippen molar-refractivity contribution in [2.24, 2.45) is 0 Å². The molecule has 0 amide bonds. The third kappa shape index (κ3) is 3.18. The number of ether oxygens (including phenoxy) is 1. The SMILES string of the molecule is CCOC(=O)c1csc(-c2cc(Br)cc(Br)c2)n1. The van der Waals surface area contributed by atoms with Gasteiger partial charge in [-0.1, -0.05) is 31.9 Å². The molecule has 18 heavy (non-hydrogen) atoms. The quantitative estimate of drug-likeness (QED) is 0.723. The highest BCUT2D eigenvalue weighted by Crippen LogP contribution is 2.29. The summed E-state index contributed by atoms with van der Waals surface area (Å²) in [6.07, 6.45) is 0. The summed E-state index contributed by atoms with van der Waals surface area (Å²) in [5.74, 6) is -0.380. The molecule has 0 saturated carbocycles. The normalized spacial score (nSPS) is 10.4. The molecule has 1 aromatic heterocycles. The number of rotatable bonds is 3. The van der Waals surface area contributed by atoms with Crippen LogP contribution in [0.5, 0.6) is 0 Å². The Morgan fingerprint density at radius 1 is 1.33 bits per heavy atom. The van der Waals surface area contributed by atoms with Gasteiger partial charge in [-0.3, -0.25) is 0 Å². The summed E-state index contributed by atoms with van der Waals surface area (Å²) in [5.41, 5.74) is 1.31. The Morgan fingerprint density at radius 3 is 2.61 bits per heavy atom. The van der Waals surface area contributed by atoms with E-state index in [0.717, 1.165) is 19.5 Å². The molecular weight excluding hydrogens is 382 g/mol. The Hall–Kier alpha value is -0.720. The number of aromatic nitrogens is 1. The van der Waals surface area contributed by atoms with Crippen molar-refractivity contribution in [3.63, 3.8) is 0 Å². The molecule has 0 N–H and O–H groups in total. The number of hydrogen-bond donors (Lipinski definition) is 0. The number of halogens is 2. The van der Waals surface area contributed by atoms with Crippen LogP contribution in [0.2, 0.25) is 0 Å². The minimum Gasteiger partial charge on any atom is -0.461 e. The van der Waals surface area contributed by atoms with Gasteiger partial charge < -0.3 is 4.74 Å². The van der Waals surface area contributed by atoms with Crippen molar-refractivity contribution in [3.8, 4) is 10.6 Å². The monoisotopic (exact) mass is 389 g/mol. The van der Waals surface area contributed by atoms with Crippen LogP contribution in [-0.2, 0) is 4.74 Å². The van der Waals surface area contributed by atoms with Gasteiger partial charge in [0.2, 0.25) is 0 Å². The van der Waals surface area contributed by atoms with E-state index in [1.54, 1.807) is 12.3 Å². The van der Waals surface area contributed by atoms with Gasteiger partial charge in [0.15, 0.2) is 5.69 Å². The van der Waals surface area contributed by atoms with Crippen molar-refractivity contribution in [1.29, 1.82) is 0 Å². The van der Waals surface area contributed by atoms with Crippen LogP contribution in [0.25, 0.3) is 10.6 Å². The summed E-state index contributed by atoms with van der Waals surface area (Å²) < 4.78 is 6.83. The fourth-order valence-electron chi connectivity index (χ4n) is 1.38. The number of carbonyl (C=O) groups is 1. The van der Waals surface area contributed by atoms with Crippen molar-refractivity contribution in [2.75, 3.05) is 6.61 Å². The largest absolute Gasteiger partial charge is 0.461 e. The maximum absolute atomic E-state index is 11.5. The van der Waals surface area contributed by atoms with Gasteiger partial charge in [0.05, 0.1) is 6.61 Å². The van der Waals surface area contributed by atoms with Crippen LogP contribution < -0.4 is 0 Å². The van der Waals surface area contributed by atoms with E-state index in [-0.39, 0.29) is 5.97 Å². The number of nitrogens with zero attached hydrogens (tertiary/aromatic N) is 1. The van der Waals surface area contributed by atoms with E-state index in [9.17, 15) is 4.79 Å². The smallest absolute Gasteiger partial charge is 0.357 e. The summed E-state index contributed by atoms with van der Waals surface area (Å²) in [4.78, 5) is 15.8. The standard InChI is InChI=1S/C12H9Br2NO2S/c1-2-17-12(16)10-6-18-11(15-10)7-3-8(13)5-9(14)4-7/h3-6H,2H2,1H3. The molecule has 0 aliphatic heterocycles. The van der Waals surface area contributed by atoms with Crippen LogP contribution in [0.1, 0.15) is 17.4 Å². The molecular formula is C12H9Br2NO2S. The summed E-state index contributed by atoms with van der Waals surface area (Å²) in [7, 11) is 0.